The molecule has 2 fully saturated rings. The molecule has 170 valence electrons. The number of ether oxygens (including phenoxy) is 3. The Morgan fingerprint density at radius 1 is 1.07 bits per heavy atom. The summed E-state index contributed by atoms with van der Waals surface area (Å²) < 4.78 is 15.8. The van der Waals surface area contributed by atoms with Crippen molar-refractivity contribution in [2.75, 3.05) is 19.8 Å². The molecule has 10 atom stereocenters. The van der Waals surface area contributed by atoms with Gasteiger partial charge in [0, 0.05) is 5.92 Å². The monoisotopic (exact) mass is 426 g/mol. The molecule has 0 amide bonds. The van der Waals surface area contributed by atoms with Crippen LogP contribution in [-0.4, -0.2) is 121 Å². The lowest BCUT2D eigenvalue weighted by molar-refractivity contribution is -0.391. The summed E-state index contributed by atoms with van der Waals surface area (Å²) in [6.07, 6.45) is -12.3. The molecular weight excluding hydrogens is 396 g/mol. The first-order valence-electron chi connectivity index (χ1n) is 9.36. The fourth-order valence-electron chi connectivity index (χ4n) is 3.58. The lowest BCUT2D eigenvalue weighted by atomic mass is 9.76. The molecule has 0 aromatic carbocycles. The van der Waals surface area contributed by atoms with Gasteiger partial charge in [-0.15, -0.1) is 0 Å². The molecule has 0 saturated carbocycles. The van der Waals surface area contributed by atoms with Crippen LogP contribution in [0.2, 0.25) is 0 Å². The van der Waals surface area contributed by atoms with Gasteiger partial charge in [0.05, 0.1) is 13.2 Å². The van der Waals surface area contributed by atoms with Crippen LogP contribution >= 0.6 is 0 Å². The van der Waals surface area contributed by atoms with E-state index in [-0.39, 0.29) is 0 Å². The fraction of sp³-hybridized carbons (Fsp3) is 0.941. The zero-order valence-electron chi connectivity index (χ0n) is 16.2. The van der Waals surface area contributed by atoms with Crippen molar-refractivity contribution in [2.45, 2.75) is 74.6 Å². The Bertz CT molecular complexity index is 571. The first-order valence-corrected chi connectivity index (χ1v) is 9.36. The van der Waals surface area contributed by atoms with Crippen LogP contribution in [0.4, 0.5) is 0 Å². The van der Waals surface area contributed by atoms with Gasteiger partial charge >= 0.3 is 0 Å². The second kappa shape index (κ2) is 9.16. The number of hydrogen-bond acceptors (Lipinski definition) is 12. The summed E-state index contributed by atoms with van der Waals surface area (Å²) in [4.78, 5) is 12.6. The van der Waals surface area contributed by atoms with E-state index in [1.165, 1.54) is 6.92 Å². The van der Waals surface area contributed by atoms with Gasteiger partial charge in [0.1, 0.15) is 43.2 Å². The average molecular weight is 426 g/mol. The molecule has 8 N–H and O–H groups in total. The van der Waals surface area contributed by atoms with E-state index in [1.807, 2.05) is 0 Å². The fourth-order valence-corrected chi connectivity index (χ4v) is 3.58. The third-order valence-electron chi connectivity index (χ3n) is 5.68. The van der Waals surface area contributed by atoms with E-state index in [2.05, 4.69) is 0 Å². The summed E-state index contributed by atoms with van der Waals surface area (Å²) in [5.74, 6) is -3.91. The number of aliphatic hydroxyl groups is 8. The maximum absolute atomic E-state index is 12.6. The number of Topliss-reactive ketones (excluding diaryl/α,β-unsaturated/α-hetero) is 1. The van der Waals surface area contributed by atoms with Gasteiger partial charge in [-0.25, -0.2) is 0 Å². The van der Waals surface area contributed by atoms with E-state index in [4.69, 9.17) is 14.2 Å². The van der Waals surface area contributed by atoms with Gasteiger partial charge in [0.25, 0.3) is 0 Å². The molecule has 2 heterocycles. The van der Waals surface area contributed by atoms with Crippen molar-refractivity contribution in [3.05, 3.63) is 0 Å². The van der Waals surface area contributed by atoms with Gasteiger partial charge in [-0.3, -0.25) is 4.79 Å². The van der Waals surface area contributed by atoms with Crippen molar-refractivity contribution >= 4 is 5.78 Å². The smallest absolute Gasteiger partial charge is 0.224 e. The molecule has 2 rings (SSSR count). The topological polar surface area (TPSA) is 207 Å². The van der Waals surface area contributed by atoms with Crippen molar-refractivity contribution < 1.29 is 59.9 Å². The molecule has 12 heteroatoms. The standard InChI is InChI=1S/C17H30O12/c1-3-7(2)12(23)17(26)9(5-19)27-15(11(22)14(17)25)29-16(6-20)13(24)10(21)8(4-18)28-16/h7-11,13-15,18-22,24-26H,3-6H2,1-2H3/t7?,8-,9-,10-,11-,13+,14-,15-,16?,17+/m1/s1. The van der Waals surface area contributed by atoms with Gasteiger partial charge in [-0.2, -0.15) is 0 Å². The normalized spacial score (nSPS) is 46.6. The lowest BCUT2D eigenvalue weighted by Gasteiger charge is -2.49. The summed E-state index contributed by atoms with van der Waals surface area (Å²) in [5.41, 5.74) is -2.64. The Labute approximate surface area is 166 Å². The maximum atomic E-state index is 12.6. The number of rotatable bonds is 8. The molecule has 0 spiro atoms. The van der Waals surface area contributed by atoms with Crippen LogP contribution in [-0.2, 0) is 19.0 Å². The van der Waals surface area contributed by atoms with E-state index < -0.39 is 85.8 Å². The van der Waals surface area contributed by atoms with Crippen molar-refractivity contribution in [2.24, 2.45) is 5.92 Å². The molecule has 12 nitrogen and oxygen atoms in total. The first-order chi connectivity index (χ1) is 13.5. The molecule has 2 saturated heterocycles. The van der Waals surface area contributed by atoms with Crippen molar-refractivity contribution in [1.29, 1.82) is 0 Å². The highest BCUT2D eigenvalue weighted by molar-refractivity contribution is 5.90. The Morgan fingerprint density at radius 2 is 1.69 bits per heavy atom. The molecule has 0 aromatic rings. The quantitative estimate of drug-likeness (QED) is 0.185. The summed E-state index contributed by atoms with van der Waals surface area (Å²) >= 11 is 0. The van der Waals surface area contributed by atoms with Gasteiger partial charge in [0.2, 0.25) is 5.79 Å². The summed E-state index contributed by atoms with van der Waals surface area (Å²) in [6, 6.07) is 0. The minimum Gasteiger partial charge on any atom is -0.394 e. The Balaban J connectivity index is 2.30. The first kappa shape index (κ1) is 24.5. The van der Waals surface area contributed by atoms with Crippen LogP contribution in [0.1, 0.15) is 20.3 Å². The zero-order valence-corrected chi connectivity index (χ0v) is 16.2. The minimum atomic E-state index is -2.64. The van der Waals surface area contributed by atoms with Crippen molar-refractivity contribution in [3.8, 4) is 0 Å². The van der Waals surface area contributed by atoms with Crippen LogP contribution in [0.3, 0.4) is 0 Å². The van der Waals surface area contributed by atoms with Gasteiger partial charge in [-0.1, -0.05) is 13.8 Å². The molecule has 2 unspecified atom stereocenters. The van der Waals surface area contributed by atoms with E-state index in [1.54, 1.807) is 6.92 Å². The van der Waals surface area contributed by atoms with Gasteiger partial charge < -0.3 is 55.1 Å². The number of hydrogen-bond donors (Lipinski definition) is 8. The Hall–Kier alpha value is -0.770. The zero-order chi connectivity index (χ0) is 22.1. The number of carbonyl (C=O) groups is 1. The molecule has 0 bridgehead atoms. The Morgan fingerprint density at radius 3 is 2.14 bits per heavy atom. The maximum Gasteiger partial charge on any atom is 0.224 e. The highest BCUT2D eigenvalue weighted by atomic mass is 16.8. The third kappa shape index (κ3) is 3.95. The van der Waals surface area contributed by atoms with Crippen LogP contribution in [0.15, 0.2) is 0 Å². The summed E-state index contributed by atoms with van der Waals surface area (Å²) in [6.45, 7) is 0.480. The summed E-state index contributed by atoms with van der Waals surface area (Å²) in [7, 11) is 0. The summed E-state index contributed by atoms with van der Waals surface area (Å²) in [5, 5.41) is 80.3. The molecule has 2 aliphatic rings. The molecule has 0 aliphatic carbocycles. The average Bonchev–Trinajstić information content (AvgIpc) is 2.97. The molecular formula is C17H30O12. The van der Waals surface area contributed by atoms with E-state index >= 15 is 0 Å². The second-order valence-electron chi connectivity index (χ2n) is 7.47. The van der Waals surface area contributed by atoms with Gasteiger partial charge in [0.15, 0.2) is 17.7 Å². The molecule has 0 aromatic heterocycles. The SMILES string of the molecule is CCC(C)C(=O)[C@]1(O)[C@H](O)[C@@H](O)[C@@H](OC2(CO)O[C@H](CO)[C@@H](O)[C@@H]2O)O[C@@H]1CO. The number of aliphatic hydroxyl groups excluding tert-OH is 7. The predicted molar refractivity (Wildman–Crippen MR) is 92.0 cm³/mol. The predicted octanol–water partition coefficient (Wildman–Crippen LogP) is -4.41. The highest BCUT2D eigenvalue weighted by Crippen LogP contribution is 2.39. The third-order valence-corrected chi connectivity index (χ3v) is 5.68. The van der Waals surface area contributed by atoms with Crippen LogP contribution in [0.25, 0.3) is 0 Å². The molecule has 29 heavy (non-hydrogen) atoms. The van der Waals surface area contributed by atoms with Gasteiger partial charge in [-0.05, 0) is 6.42 Å². The van der Waals surface area contributed by atoms with E-state index in [9.17, 15) is 45.6 Å². The van der Waals surface area contributed by atoms with E-state index in [0.717, 1.165) is 0 Å². The molecule has 0 radical (unpaired) electrons. The minimum absolute atomic E-state index is 0.316. The van der Waals surface area contributed by atoms with E-state index in [0.29, 0.717) is 6.42 Å². The van der Waals surface area contributed by atoms with Crippen LogP contribution in [0.5, 0.6) is 0 Å². The highest BCUT2D eigenvalue weighted by Gasteiger charge is 2.63. The largest absolute Gasteiger partial charge is 0.394 e. The lowest BCUT2D eigenvalue weighted by Crippen LogP contribution is -2.72. The van der Waals surface area contributed by atoms with Crippen molar-refractivity contribution in [1.82, 2.24) is 0 Å². The number of ketones is 1. The van der Waals surface area contributed by atoms with Crippen LogP contribution < -0.4 is 0 Å². The Kier molecular flexibility index (Phi) is 7.74. The molecule has 2 aliphatic heterocycles. The van der Waals surface area contributed by atoms with Crippen LogP contribution in [0, 0.1) is 5.92 Å². The number of carbonyl (C=O) groups excluding carboxylic acids is 1. The van der Waals surface area contributed by atoms with Crippen molar-refractivity contribution in [3.63, 3.8) is 0 Å². The second-order valence-corrected chi connectivity index (χ2v) is 7.47.